The summed E-state index contributed by atoms with van der Waals surface area (Å²) in [7, 11) is 0. The number of ether oxygens (including phenoxy) is 1. The van der Waals surface area contributed by atoms with E-state index in [0.29, 0.717) is 21.6 Å². The second-order valence-electron chi connectivity index (χ2n) is 5.24. The summed E-state index contributed by atoms with van der Waals surface area (Å²) in [4.78, 5) is 20.4. The van der Waals surface area contributed by atoms with Gasteiger partial charge in [-0.15, -0.1) is 0 Å². The summed E-state index contributed by atoms with van der Waals surface area (Å²) in [5, 5.41) is 2.69. The number of anilines is 1. The number of halogens is 2. The molecule has 0 unspecified atom stereocenters. The molecule has 2 heterocycles. The van der Waals surface area contributed by atoms with E-state index < -0.39 is 0 Å². The largest absolute Gasteiger partial charge is 0.438 e. The fourth-order valence-corrected chi connectivity index (χ4v) is 2.41. The number of amides is 1. The van der Waals surface area contributed by atoms with Crippen molar-refractivity contribution in [3.05, 3.63) is 76.3 Å². The summed E-state index contributed by atoms with van der Waals surface area (Å²) in [6.07, 6.45) is 3.07. The number of hydrogen-bond acceptors (Lipinski definition) is 4. The molecule has 7 heteroatoms. The van der Waals surface area contributed by atoms with Gasteiger partial charge in [0, 0.05) is 18.5 Å². The second kappa shape index (κ2) is 7.40. The number of pyridine rings is 2. The first-order valence-electron chi connectivity index (χ1n) is 7.34. The van der Waals surface area contributed by atoms with Gasteiger partial charge >= 0.3 is 0 Å². The molecule has 0 saturated carbocycles. The minimum atomic E-state index is -0.371. The standard InChI is InChI=1S/C18H13BrFN3O2/c1-11-2-6-16(21-9-11)23-18(24)12-3-7-17(22-10-12)25-15-5-4-13(20)8-14(15)19/h2-10H,1H3,(H,21,23,24). The average Bonchev–Trinajstić information content (AvgIpc) is 2.60. The Morgan fingerprint density at radius 2 is 1.96 bits per heavy atom. The first-order chi connectivity index (χ1) is 12.0. The SMILES string of the molecule is Cc1ccc(NC(=O)c2ccc(Oc3ccc(F)cc3Br)nc2)nc1. The molecule has 0 spiro atoms. The Morgan fingerprint density at radius 3 is 2.60 bits per heavy atom. The van der Waals surface area contributed by atoms with Gasteiger partial charge in [-0.25, -0.2) is 14.4 Å². The van der Waals surface area contributed by atoms with E-state index in [4.69, 9.17) is 4.74 Å². The highest BCUT2D eigenvalue weighted by Crippen LogP contribution is 2.29. The zero-order valence-corrected chi connectivity index (χ0v) is 14.7. The van der Waals surface area contributed by atoms with Gasteiger partial charge in [0.15, 0.2) is 0 Å². The van der Waals surface area contributed by atoms with Crippen LogP contribution in [0.1, 0.15) is 15.9 Å². The molecule has 5 nitrogen and oxygen atoms in total. The third-order valence-corrected chi connectivity index (χ3v) is 3.88. The highest BCUT2D eigenvalue weighted by Gasteiger charge is 2.09. The molecule has 1 aromatic carbocycles. The number of nitrogens with one attached hydrogen (secondary N) is 1. The van der Waals surface area contributed by atoms with Crippen LogP contribution in [0.15, 0.2) is 59.3 Å². The monoisotopic (exact) mass is 401 g/mol. The molecule has 0 aliphatic rings. The highest BCUT2D eigenvalue weighted by atomic mass is 79.9. The lowest BCUT2D eigenvalue weighted by Crippen LogP contribution is -2.13. The van der Waals surface area contributed by atoms with E-state index in [-0.39, 0.29) is 17.6 Å². The molecule has 0 atom stereocenters. The van der Waals surface area contributed by atoms with E-state index in [9.17, 15) is 9.18 Å². The molecule has 0 aliphatic carbocycles. The van der Waals surface area contributed by atoms with Gasteiger partial charge in [-0.05, 0) is 58.7 Å². The molecular formula is C18H13BrFN3O2. The molecule has 3 rings (SSSR count). The topological polar surface area (TPSA) is 64.1 Å². The number of carbonyl (C=O) groups is 1. The van der Waals surface area contributed by atoms with Crippen LogP contribution >= 0.6 is 15.9 Å². The van der Waals surface area contributed by atoms with Gasteiger partial charge in [-0.2, -0.15) is 0 Å². The van der Waals surface area contributed by atoms with E-state index in [0.717, 1.165) is 5.56 Å². The molecule has 0 radical (unpaired) electrons. The van der Waals surface area contributed by atoms with Gasteiger partial charge in [0.25, 0.3) is 5.91 Å². The van der Waals surface area contributed by atoms with Crippen molar-refractivity contribution in [3.63, 3.8) is 0 Å². The zero-order chi connectivity index (χ0) is 17.8. The minimum absolute atomic E-state index is 0.289. The van der Waals surface area contributed by atoms with Gasteiger partial charge < -0.3 is 10.1 Å². The van der Waals surface area contributed by atoms with Crippen LogP contribution in [0.25, 0.3) is 0 Å². The number of benzene rings is 1. The van der Waals surface area contributed by atoms with Crippen LogP contribution < -0.4 is 10.1 Å². The predicted octanol–water partition coefficient (Wildman–Crippen LogP) is 4.73. The van der Waals surface area contributed by atoms with Crippen molar-refractivity contribution < 1.29 is 13.9 Å². The van der Waals surface area contributed by atoms with Crippen molar-refractivity contribution in [2.45, 2.75) is 6.92 Å². The maximum Gasteiger partial charge on any atom is 0.258 e. The number of carbonyl (C=O) groups excluding carboxylic acids is 1. The molecule has 2 aromatic heterocycles. The van der Waals surface area contributed by atoms with Crippen molar-refractivity contribution in [1.82, 2.24) is 9.97 Å². The van der Waals surface area contributed by atoms with Gasteiger partial charge in [-0.3, -0.25) is 4.79 Å². The zero-order valence-electron chi connectivity index (χ0n) is 13.2. The van der Waals surface area contributed by atoms with Crippen molar-refractivity contribution in [3.8, 4) is 11.6 Å². The third-order valence-electron chi connectivity index (χ3n) is 3.26. The molecule has 0 saturated heterocycles. The van der Waals surface area contributed by atoms with E-state index in [1.165, 1.54) is 24.4 Å². The summed E-state index contributed by atoms with van der Waals surface area (Å²) in [6.45, 7) is 1.92. The summed E-state index contributed by atoms with van der Waals surface area (Å²) in [5.41, 5.74) is 1.38. The van der Waals surface area contributed by atoms with Crippen LogP contribution in [-0.4, -0.2) is 15.9 Å². The van der Waals surface area contributed by atoms with Crippen LogP contribution in [-0.2, 0) is 0 Å². The van der Waals surface area contributed by atoms with Crippen LogP contribution in [0, 0.1) is 12.7 Å². The Balaban J connectivity index is 1.69. The van der Waals surface area contributed by atoms with Crippen LogP contribution in [0.4, 0.5) is 10.2 Å². The van der Waals surface area contributed by atoms with E-state index in [1.54, 1.807) is 24.4 Å². The Morgan fingerprint density at radius 1 is 1.12 bits per heavy atom. The number of aryl methyl sites for hydroxylation is 1. The Labute approximate surface area is 152 Å². The normalized spacial score (nSPS) is 10.4. The molecule has 3 aromatic rings. The molecule has 1 N–H and O–H groups in total. The van der Waals surface area contributed by atoms with Crippen molar-refractivity contribution in [2.24, 2.45) is 0 Å². The van der Waals surface area contributed by atoms with Crippen molar-refractivity contribution in [2.75, 3.05) is 5.32 Å². The van der Waals surface area contributed by atoms with Crippen LogP contribution in [0.5, 0.6) is 11.6 Å². The maximum atomic E-state index is 13.1. The highest BCUT2D eigenvalue weighted by molar-refractivity contribution is 9.10. The number of nitrogens with zero attached hydrogens (tertiary/aromatic N) is 2. The molecule has 0 aliphatic heterocycles. The van der Waals surface area contributed by atoms with E-state index in [1.807, 2.05) is 13.0 Å². The Bertz CT molecular complexity index is 899. The van der Waals surface area contributed by atoms with Crippen molar-refractivity contribution >= 4 is 27.7 Å². The summed E-state index contributed by atoms with van der Waals surface area (Å²) < 4.78 is 19.1. The first-order valence-corrected chi connectivity index (χ1v) is 8.13. The summed E-state index contributed by atoms with van der Waals surface area (Å²) in [5.74, 6) is 0.487. The van der Waals surface area contributed by atoms with Crippen molar-refractivity contribution in [1.29, 1.82) is 0 Å². The van der Waals surface area contributed by atoms with Crippen LogP contribution in [0.3, 0.4) is 0 Å². The quantitative estimate of drug-likeness (QED) is 0.685. The second-order valence-corrected chi connectivity index (χ2v) is 6.09. The van der Waals surface area contributed by atoms with E-state index in [2.05, 4.69) is 31.2 Å². The number of hydrogen-bond donors (Lipinski definition) is 1. The minimum Gasteiger partial charge on any atom is -0.438 e. The lowest BCUT2D eigenvalue weighted by Gasteiger charge is -2.08. The van der Waals surface area contributed by atoms with Gasteiger partial charge in [0.05, 0.1) is 10.0 Å². The summed E-state index contributed by atoms with van der Waals surface area (Å²) >= 11 is 3.22. The molecule has 25 heavy (non-hydrogen) atoms. The summed E-state index contributed by atoms with van der Waals surface area (Å²) in [6, 6.07) is 10.8. The third kappa shape index (κ3) is 4.39. The molecule has 0 bridgehead atoms. The fraction of sp³-hybridized carbons (Fsp3) is 0.0556. The van der Waals surface area contributed by atoms with Gasteiger partial charge in [-0.1, -0.05) is 6.07 Å². The van der Waals surface area contributed by atoms with Crippen LogP contribution in [0.2, 0.25) is 0 Å². The van der Waals surface area contributed by atoms with E-state index >= 15 is 0 Å². The lowest BCUT2D eigenvalue weighted by atomic mass is 10.2. The predicted molar refractivity (Wildman–Crippen MR) is 95.3 cm³/mol. The number of rotatable bonds is 4. The van der Waals surface area contributed by atoms with Gasteiger partial charge in [0.2, 0.25) is 5.88 Å². The Hall–Kier alpha value is -2.80. The van der Waals surface area contributed by atoms with Gasteiger partial charge in [0.1, 0.15) is 17.4 Å². The Kier molecular flexibility index (Phi) is 5.04. The maximum absolute atomic E-state index is 13.1. The molecule has 126 valence electrons. The molecule has 0 fully saturated rings. The fourth-order valence-electron chi connectivity index (χ4n) is 1.98. The molecular weight excluding hydrogens is 389 g/mol. The number of aromatic nitrogens is 2. The average molecular weight is 402 g/mol. The smallest absolute Gasteiger partial charge is 0.258 e. The molecule has 1 amide bonds. The lowest BCUT2D eigenvalue weighted by molar-refractivity contribution is 0.102. The first kappa shape index (κ1) is 17.0.